The van der Waals surface area contributed by atoms with Gasteiger partial charge in [-0.15, -0.1) is 0 Å². The number of hydrogen-bond acceptors (Lipinski definition) is 4. The van der Waals surface area contributed by atoms with Crippen molar-refractivity contribution in [1.29, 1.82) is 0 Å². The number of esters is 1. The first-order valence-corrected chi connectivity index (χ1v) is 7.32. The molecule has 0 aliphatic carbocycles. The number of amides is 2. The van der Waals surface area contributed by atoms with E-state index < -0.39 is 11.9 Å². The van der Waals surface area contributed by atoms with Crippen LogP contribution in [0.4, 0.5) is 11.4 Å². The Balaban J connectivity index is 1.95. The lowest BCUT2D eigenvalue weighted by Gasteiger charge is -2.08. The van der Waals surface area contributed by atoms with E-state index >= 15 is 0 Å². The Morgan fingerprint density at radius 3 is 2.17 bits per heavy atom. The average Bonchev–Trinajstić information content (AvgIpc) is 2.56. The number of anilines is 2. The highest BCUT2D eigenvalue weighted by molar-refractivity contribution is 6.05. The maximum absolute atomic E-state index is 12.2. The molecule has 0 saturated heterocycles. The maximum atomic E-state index is 12.2. The highest BCUT2D eigenvalue weighted by Gasteiger charge is 2.10. The molecule has 0 aromatic heterocycles. The summed E-state index contributed by atoms with van der Waals surface area (Å²) >= 11 is 0. The van der Waals surface area contributed by atoms with E-state index in [0.29, 0.717) is 16.9 Å². The highest BCUT2D eigenvalue weighted by atomic mass is 16.5. The van der Waals surface area contributed by atoms with Crippen LogP contribution >= 0.6 is 0 Å². The summed E-state index contributed by atoms with van der Waals surface area (Å²) in [6.07, 6.45) is -0.345. The van der Waals surface area contributed by atoms with Gasteiger partial charge in [-0.05, 0) is 43.3 Å². The summed E-state index contributed by atoms with van der Waals surface area (Å²) in [6, 6.07) is 13.9. The molecule has 6 nitrogen and oxygen atoms in total. The Morgan fingerprint density at radius 2 is 1.58 bits per heavy atom. The maximum Gasteiger partial charge on any atom is 0.315 e. The zero-order chi connectivity index (χ0) is 17.5. The van der Waals surface area contributed by atoms with Crippen LogP contribution in [0.25, 0.3) is 0 Å². The molecular formula is C18H18N2O4. The minimum absolute atomic E-state index is 0.207. The smallest absolute Gasteiger partial charge is 0.315 e. The molecule has 0 heterocycles. The van der Waals surface area contributed by atoms with Gasteiger partial charge in [0, 0.05) is 16.9 Å². The number of rotatable bonds is 5. The van der Waals surface area contributed by atoms with Crippen molar-refractivity contribution in [2.45, 2.75) is 13.3 Å². The van der Waals surface area contributed by atoms with E-state index in [2.05, 4.69) is 15.4 Å². The van der Waals surface area contributed by atoms with Crippen molar-refractivity contribution in [3.05, 3.63) is 59.7 Å². The molecule has 2 amide bonds. The van der Waals surface area contributed by atoms with Crippen LogP contribution in [0.3, 0.4) is 0 Å². The minimum Gasteiger partial charge on any atom is -0.469 e. The van der Waals surface area contributed by atoms with E-state index in [1.165, 1.54) is 7.11 Å². The SMILES string of the molecule is COC(=O)CC(=O)Nc1ccc(NC(=O)c2cccc(C)c2)cc1. The van der Waals surface area contributed by atoms with E-state index in [9.17, 15) is 14.4 Å². The molecular weight excluding hydrogens is 308 g/mol. The summed E-state index contributed by atoms with van der Waals surface area (Å²) in [5.41, 5.74) is 2.71. The number of ether oxygens (including phenoxy) is 1. The van der Waals surface area contributed by atoms with Crippen LogP contribution in [0.2, 0.25) is 0 Å². The van der Waals surface area contributed by atoms with Crippen LogP contribution in [0.1, 0.15) is 22.3 Å². The molecule has 0 atom stereocenters. The Morgan fingerprint density at radius 1 is 0.958 bits per heavy atom. The average molecular weight is 326 g/mol. The molecule has 2 aromatic carbocycles. The Hall–Kier alpha value is -3.15. The number of methoxy groups -OCH3 is 1. The molecule has 0 spiro atoms. The number of carbonyl (C=O) groups excluding carboxylic acids is 3. The number of aryl methyl sites for hydroxylation is 1. The monoisotopic (exact) mass is 326 g/mol. The molecule has 0 fully saturated rings. The number of nitrogens with one attached hydrogen (secondary N) is 2. The van der Waals surface area contributed by atoms with Gasteiger partial charge in [-0.2, -0.15) is 0 Å². The largest absolute Gasteiger partial charge is 0.469 e. The summed E-state index contributed by atoms with van der Waals surface area (Å²) in [5.74, 6) is -1.27. The molecule has 6 heteroatoms. The second-order valence-electron chi connectivity index (χ2n) is 5.20. The van der Waals surface area contributed by atoms with Crippen molar-refractivity contribution >= 4 is 29.2 Å². The summed E-state index contributed by atoms with van der Waals surface area (Å²) in [5, 5.41) is 5.36. The van der Waals surface area contributed by atoms with Gasteiger partial charge in [0.25, 0.3) is 5.91 Å². The van der Waals surface area contributed by atoms with Crippen LogP contribution in [-0.2, 0) is 14.3 Å². The van der Waals surface area contributed by atoms with Gasteiger partial charge in [0.1, 0.15) is 6.42 Å². The second kappa shape index (κ2) is 7.92. The lowest BCUT2D eigenvalue weighted by Crippen LogP contribution is -2.17. The molecule has 0 unspecified atom stereocenters. The molecule has 0 aliphatic rings. The molecule has 2 rings (SSSR count). The van der Waals surface area contributed by atoms with E-state index in [1.54, 1.807) is 36.4 Å². The van der Waals surface area contributed by atoms with Gasteiger partial charge in [-0.1, -0.05) is 17.7 Å². The summed E-state index contributed by atoms with van der Waals surface area (Å²) < 4.78 is 4.42. The predicted octanol–water partition coefficient (Wildman–Crippen LogP) is 2.75. The fourth-order valence-corrected chi connectivity index (χ4v) is 2.03. The predicted molar refractivity (Wildman–Crippen MR) is 90.8 cm³/mol. The lowest BCUT2D eigenvalue weighted by atomic mass is 10.1. The normalized spacial score (nSPS) is 9.92. The number of carbonyl (C=O) groups is 3. The summed E-state index contributed by atoms with van der Waals surface area (Å²) in [7, 11) is 1.22. The number of hydrogen-bond donors (Lipinski definition) is 2. The van der Waals surface area contributed by atoms with Gasteiger partial charge >= 0.3 is 5.97 Å². The van der Waals surface area contributed by atoms with Crippen molar-refractivity contribution in [2.24, 2.45) is 0 Å². The summed E-state index contributed by atoms with van der Waals surface area (Å²) in [6.45, 7) is 1.92. The Kier molecular flexibility index (Phi) is 5.68. The lowest BCUT2D eigenvalue weighted by molar-refractivity contribution is -0.142. The molecule has 0 bridgehead atoms. The van der Waals surface area contributed by atoms with Crippen LogP contribution in [0.15, 0.2) is 48.5 Å². The van der Waals surface area contributed by atoms with Gasteiger partial charge in [-0.25, -0.2) is 0 Å². The highest BCUT2D eigenvalue weighted by Crippen LogP contribution is 2.15. The van der Waals surface area contributed by atoms with Crippen molar-refractivity contribution in [3.63, 3.8) is 0 Å². The van der Waals surface area contributed by atoms with Gasteiger partial charge in [0.15, 0.2) is 0 Å². The third-order valence-electron chi connectivity index (χ3n) is 3.24. The van der Waals surface area contributed by atoms with Gasteiger partial charge in [-0.3, -0.25) is 14.4 Å². The van der Waals surface area contributed by atoms with Gasteiger partial charge in [0.05, 0.1) is 7.11 Å². The second-order valence-corrected chi connectivity index (χ2v) is 5.20. The standard InChI is InChI=1S/C18H18N2O4/c1-12-4-3-5-13(10-12)18(23)20-15-8-6-14(7-9-15)19-16(21)11-17(22)24-2/h3-10H,11H2,1-2H3,(H,19,21)(H,20,23). The van der Waals surface area contributed by atoms with Crippen LogP contribution in [0, 0.1) is 6.92 Å². The molecule has 24 heavy (non-hydrogen) atoms. The molecule has 2 aromatic rings. The van der Waals surface area contributed by atoms with E-state index in [4.69, 9.17) is 0 Å². The Bertz CT molecular complexity index is 754. The minimum atomic E-state index is -0.602. The number of benzene rings is 2. The van der Waals surface area contributed by atoms with E-state index in [0.717, 1.165) is 5.56 Å². The molecule has 0 radical (unpaired) electrons. The zero-order valence-electron chi connectivity index (χ0n) is 13.5. The van der Waals surface area contributed by atoms with Crippen LogP contribution < -0.4 is 10.6 Å². The van der Waals surface area contributed by atoms with Crippen LogP contribution in [-0.4, -0.2) is 24.9 Å². The van der Waals surface area contributed by atoms with Crippen molar-refractivity contribution < 1.29 is 19.1 Å². The molecule has 0 aliphatic heterocycles. The Labute approximate surface area is 139 Å². The topological polar surface area (TPSA) is 84.5 Å². The zero-order valence-corrected chi connectivity index (χ0v) is 13.5. The molecule has 0 saturated carbocycles. The third-order valence-corrected chi connectivity index (χ3v) is 3.24. The summed E-state index contributed by atoms with van der Waals surface area (Å²) in [4.78, 5) is 34.7. The van der Waals surface area contributed by atoms with E-state index in [-0.39, 0.29) is 12.3 Å². The molecule has 124 valence electrons. The first kappa shape index (κ1) is 17.2. The van der Waals surface area contributed by atoms with Crippen molar-refractivity contribution in [1.82, 2.24) is 0 Å². The first-order chi connectivity index (χ1) is 11.5. The fraction of sp³-hybridized carbons (Fsp3) is 0.167. The van der Waals surface area contributed by atoms with Crippen molar-refractivity contribution in [3.8, 4) is 0 Å². The quantitative estimate of drug-likeness (QED) is 0.653. The molecule has 2 N–H and O–H groups in total. The third kappa shape index (κ3) is 4.95. The van der Waals surface area contributed by atoms with E-state index in [1.807, 2.05) is 19.1 Å². The fourth-order valence-electron chi connectivity index (χ4n) is 2.03. The van der Waals surface area contributed by atoms with Gasteiger partial charge in [0.2, 0.25) is 5.91 Å². The first-order valence-electron chi connectivity index (χ1n) is 7.32. The van der Waals surface area contributed by atoms with Crippen LogP contribution in [0.5, 0.6) is 0 Å². The van der Waals surface area contributed by atoms with Gasteiger partial charge < -0.3 is 15.4 Å². The van der Waals surface area contributed by atoms with Crippen molar-refractivity contribution in [2.75, 3.05) is 17.7 Å².